The van der Waals surface area contributed by atoms with Gasteiger partial charge in [-0.25, -0.2) is 8.42 Å². The van der Waals surface area contributed by atoms with Crippen molar-refractivity contribution in [2.75, 3.05) is 18.7 Å². The first kappa shape index (κ1) is 18.6. The van der Waals surface area contributed by atoms with Crippen LogP contribution in [0.1, 0.15) is 21.8 Å². The van der Waals surface area contributed by atoms with Gasteiger partial charge in [-0.1, -0.05) is 23.3 Å². The maximum atomic E-state index is 12.2. The van der Waals surface area contributed by atoms with Gasteiger partial charge in [0.05, 0.1) is 18.4 Å². The van der Waals surface area contributed by atoms with Gasteiger partial charge < -0.3 is 9.15 Å². The molecule has 0 fully saturated rings. The number of sulfone groups is 1. The third kappa shape index (κ3) is 4.70. The van der Waals surface area contributed by atoms with Gasteiger partial charge in [0.15, 0.2) is 9.84 Å². The molecule has 0 radical (unpaired) electrons. The fourth-order valence-electron chi connectivity index (χ4n) is 2.34. The molecule has 0 aliphatic rings. The lowest BCUT2D eigenvalue weighted by Crippen LogP contribution is -2.12. The quantitative estimate of drug-likeness (QED) is 0.691. The van der Waals surface area contributed by atoms with E-state index in [-0.39, 0.29) is 10.9 Å². The minimum absolute atomic E-state index is 0.0226. The van der Waals surface area contributed by atoms with Gasteiger partial charge in [-0.05, 0) is 35.9 Å². The number of nitrogens with one attached hydrogen (secondary N) is 1. The number of methoxy groups -OCH3 is 1. The Balaban J connectivity index is 1.67. The van der Waals surface area contributed by atoms with Crippen molar-refractivity contribution in [3.63, 3.8) is 0 Å². The van der Waals surface area contributed by atoms with Crippen molar-refractivity contribution >= 4 is 21.8 Å². The molecule has 27 heavy (non-hydrogen) atoms. The standard InChI is InChI=1S/C18H17N3O5S/c1-25-14-5-3-4-13(11-14)17(22)19-18-21-20-16(26-18)10-12-6-8-15(9-7-12)27(2,23)24/h3-9,11H,10H2,1-2H3,(H,19,21,22). The van der Waals surface area contributed by atoms with Gasteiger partial charge in [0.25, 0.3) is 5.91 Å². The molecule has 1 heterocycles. The average Bonchev–Trinajstić information content (AvgIpc) is 3.08. The van der Waals surface area contributed by atoms with E-state index in [0.29, 0.717) is 23.6 Å². The van der Waals surface area contributed by atoms with E-state index in [1.807, 2.05) is 0 Å². The number of rotatable bonds is 6. The highest BCUT2D eigenvalue weighted by molar-refractivity contribution is 7.90. The van der Waals surface area contributed by atoms with E-state index < -0.39 is 15.7 Å². The topological polar surface area (TPSA) is 111 Å². The monoisotopic (exact) mass is 387 g/mol. The SMILES string of the molecule is COc1cccc(C(=O)Nc2nnc(Cc3ccc(S(C)(=O)=O)cc3)o2)c1. The fourth-order valence-corrected chi connectivity index (χ4v) is 2.97. The van der Waals surface area contributed by atoms with Gasteiger partial charge in [-0.15, -0.1) is 5.10 Å². The number of aromatic nitrogens is 2. The first-order valence-electron chi connectivity index (χ1n) is 7.92. The summed E-state index contributed by atoms with van der Waals surface area (Å²) in [5.74, 6) is 0.455. The molecule has 1 aromatic heterocycles. The molecule has 1 N–H and O–H groups in total. The first-order valence-corrected chi connectivity index (χ1v) is 9.81. The van der Waals surface area contributed by atoms with Gasteiger partial charge in [-0.2, -0.15) is 0 Å². The van der Waals surface area contributed by atoms with Crippen LogP contribution < -0.4 is 10.1 Å². The number of hydrogen-bond donors (Lipinski definition) is 1. The van der Waals surface area contributed by atoms with Gasteiger partial charge in [0.2, 0.25) is 5.89 Å². The number of benzene rings is 2. The van der Waals surface area contributed by atoms with Gasteiger partial charge in [0, 0.05) is 11.8 Å². The second kappa shape index (κ2) is 7.58. The third-order valence-electron chi connectivity index (χ3n) is 3.73. The van der Waals surface area contributed by atoms with Crippen LogP contribution >= 0.6 is 0 Å². The van der Waals surface area contributed by atoms with Crippen LogP contribution in [0.25, 0.3) is 0 Å². The molecular weight excluding hydrogens is 370 g/mol. The lowest BCUT2D eigenvalue weighted by Gasteiger charge is -2.03. The fraction of sp³-hybridized carbons (Fsp3) is 0.167. The molecule has 0 saturated carbocycles. The van der Waals surface area contributed by atoms with Crippen molar-refractivity contribution in [2.45, 2.75) is 11.3 Å². The third-order valence-corrected chi connectivity index (χ3v) is 4.85. The largest absolute Gasteiger partial charge is 0.497 e. The van der Waals surface area contributed by atoms with Gasteiger partial charge in [0.1, 0.15) is 5.75 Å². The number of hydrogen-bond acceptors (Lipinski definition) is 7. The van der Waals surface area contributed by atoms with Crippen LogP contribution in [0.2, 0.25) is 0 Å². The summed E-state index contributed by atoms with van der Waals surface area (Å²) in [4.78, 5) is 12.5. The smallest absolute Gasteiger partial charge is 0.322 e. The Morgan fingerprint density at radius 3 is 2.56 bits per heavy atom. The number of ether oxygens (including phenoxy) is 1. The minimum atomic E-state index is -3.24. The van der Waals surface area contributed by atoms with Crippen molar-refractivity contribution < 1.29 is 22.4 Å². The zero-order valence-corrected chi connectivity index (χ0v) is 15.5. The maximum absolute atomic E-state index is 12.2. The molecule has 0 aliphatic carbocycles. The normalized spacial score (nSPS) is 11.2. The van der Waals surface area contributed by atoms with Crippen LogP contribution in [0.5, 0.6) is 5.75 Å². The van der Waals surface area contributed by atoms with Crippen LogP contribution in [0.3, 0.4) is 0 Å². The number of amides is 1. The molecule has 9 heteroatoms. The van der Waals surface area contributed by atoms with Crippen LogP contribution in [0, 0.1) is 0 Å². The Labute approximate surface area is 156 Å². The zero-order chi connectivity index (χ0) is 19.4. The Bertz CT molecular complexity index is 1060. The number of nitrogens with zero attached hydrogens (tertiary/aromatic N) is 2. The van der Waals surface area contributed by atoms with Crippen LogP contribution in [0.15, 0.2) is 57.8 Å². The molecule has 1 amide bonds. The van der Waals surface area contributed by atoms with Gasteiger partial charge >= 0.3 is 6.01 Å². The molecule has 0 saturated heterocycles. The van der Waals surface area contributed by atoms with Crippen molar-refractivity contribution in [2.24, 2.45) is 0 Å². The summed E-state index contributed by atoms with van der Waals surface area (Å²) in [5, 5.41) is 10.2. The zero-order valence-electron chi connectivity index (χ0n) is 14.7. The Kier molecular flexibility index (Phi) is 5.22. The summed E-state index contributed by atoms with van der Waals surface area (Å²) in [6.07, 6.45) is 1.46. The average molecular weight is 387 g/mol. The summed E-state index contributed by atoms with van der Waals surface area (Å²) in [6.45, 7) is 0. The molecular formula is C18H17N3O5S. The van der Waals surface area contributed by atoms with E-state index in [9.17, 15) is 13.2 Å². The predicted molar refractivity (Wildman–Crippen MR) is 97.6 cm³/mol. The van der Waals surface area contributed by atoms with E-state index in [0.717, 1.165) is 11.8 Å². The first-order chi connectivity index (χ1) is 12.8. The molecule has 2 aromatic carbocycles. The predicted octanol–water partition coefficient (Wildman–Crippen LogP) is 2.32. The highest BCUT2D eigenvalue weighted by atomic mass is 32.2. The molecule has 0 spiro atoms. The molecule has 3 rings (SSSR count). The number of carbonyl (C=O) groups excluding carboxylic acids is 1. The molecule has 0 unspecified atom stereocenters. The molecule has 0 bridgehead atoms. The van der Waals surface area contributed by atoms with Crippen molar-refractivity contribution in [3.05, 3.63) is 65.5 Å². The lowest BCUT2D eigenvalue weighted by molar-refractivity contribution is 0.102. The molecule has 3 aromatic rings. The summed E-state index contributed by atoms with van der Waals surface area (Å²) in [5.41, 5.74) is 1.20. The van der Waals surface area contributed by atoms with Crippen molar-refractivity contribution in [1.29, 1.82) is 0 Å². The highest BCUT2D eigenvalue weighted by Gasteiger charge is 2.13. The van der Waals surface area contributed by atoms with E-state index >= 15 is 0 Å². The molecule has 8 nitrogen and oxygen atoms in total. The van der Waals surface area contributed by atoms with Crippen molar-refractivity contribution in [3.8, 4) is 5.75 Å². The summed E-state index contributed by atoms with van der Waals surface area (Å²) < 4.78 is 33.5. The Morgan fingerprint density at radius 1 is 1.15 bits per heavy atom. The van der Waals surface area contributed by atoms with E-state index in [2.05, 4.69) is 15.5 Å². The van der Waals surface area contributed by atoms with Crippen LogP contribution in [0.4, 0.5) is 6.01 Å². The minimum Gasteiger partial charge on any atom is -0.497 e. The van der Waals surface area contributed by atoms with E-state index in [1.165, 1.54) is 19.2 Å². The second-order valence-electron chi connectivity index (χ2n) is 5.78. The Hall–Kier alpha value is -3.20. The van der Waals surface area contributed by atoms with Gasteiger partial charge in [-0.3, -0.25) is 10.1 Å². The van der Waals surface area contributed by atoms with Crippen molar-refractivity contribution in [1.82, 2.24) is 10.2 Å². The maximum Gasteiger partial charge on any atom is 0.322 e. The molecule has 0 atom stereocenters. The number of carbonyl (C=O) groups is 1. The molecule has 0 aliphatic heterocycles. The number of anilines is 1. The summed E-state index contributed by atoms with van der Waals surface area (Å²) in [6, 6.07) is 13.0. The summed E-state index contributed by atoms with van der Waals surface area (Å²) in [7, 11) is -1.72. The Morgan fingerprint density at radius 2 is 1.89 bits per heavy atom. The lowest BCUT2D eigenvalue weighted by atomic mass is 10.1. The van der Waals surface area contributed by atoms with E-state index in [1.54, 1.807) is 36.4 Å². The highest BCUT2D eigenvalue weighted by Crippen LogP contribution is 2.17. The van der Waals surface area contributed by atoms with Crippen LogP contribution in [-0.4, -0.2) is 37.9 Å². The van der Waals surface area contributed by atoms with E-state index in [4.69, 9.17) is 9.15 Å². The second-order valence-corrected chi connectivity index (χ2v) is 7.80. The molecule has 140 valence electrons. The summed E-state index contributed by atoms with van der Waals surface area (Å²) >= 11 is 0. The van der Waals surface area contributed by atoms with Crippen LogP contribution in [-0.2, 0) is 16.3 Å².